The van der Waals surface area contributed by atoms with E-state index in [1.165, 1.54) is 0 Å². The molecule has 0 aromatic carbocycles. The van der Waals surface area contributed by atoms with E-state index in [0.717, 1.165) is 19.3 Å². The van der Waals surface area contributed by atoms with Crippen LogP contribution in [0, 0.1) is 5.92 Å². The van der Waals surface area contributed by atoms with E-state index in [9.17, 15) is 4.79 Å². The number of rotatable bonds is 7. The highest BCUT2D eigenvalue weighted by molar-refractivity contribution is 7.80. The molecule has 0 saturated carbocycles. The first-order valence-electron chi connectivity index (χ1n) is 5.21. The Morgan fingerprint density at radius 2 is 2.13 bits per heavy atom. The number of hydrogen-bond acceptors (Lipinski definition) is 3. The lowest BCUT2D eigenvalue weighted by Crippen LogP contribution is -2.26. The van der Waals surface area contributed by atoms with Gasteiger partial charge in [-0.05, 0) is 25.2 Å². The van der Waals surface area contributed by atoms with Gasteiger partial charge in [-0.2, -0.15) is 0 Å². The van der Waals surface area contributed by atoms with E-state index in [2.05, 4.69) is 5.32 Å². The number of hydrogen-bond donors (Lipinski definition) is 2. The van der Waals surface area contributed by atoms with Crippen LogP contribution < -0.4 is 11.1 Å². The molecule has 0 heterocycles. The van der Waals surface area contributed by atoms with E-state index in [1.54, 1.807) is 0 Å². The Hall–Kier alpha value is -0.840. The Balaban J connectivity index is 3.28. The van der Waals surface area contributed by atoms with Crippen molar-refractivity contribution in [3.63, 3.8) is 0 Å². The van der Waals surface area contributed by atoms with Crippen LogP contribution in [-0.2, 0) is 4.74 Å². The second-order valence-electron chi connectivity index (χ2n) is 3.84. The molecule has 0 rings (SSSR count). The number of amides is 1. The maximum Gasteiger partial charge on any atom is 0.407 e. The Kier molecular flexibility index (Phi) is 7.99. The average molecular weight is 232 g/mol. The maximum absolute atomic E-state index is 11.1. The highest BCUT2D eigenvalue weighted by Gasteiger charge is 2.02. The maximum atomic E-state index is 11.1. The smallest absolute Gasteiger partial charge is 0.407 e. The van der Waals surface area contributed by atoms with Crippen LogP contribution in [0.1, 0.15) is 33.1 Å². The number of unbranched alkanes of at least 4 members (excludes halogenated alkanes) is 1. The fourth-order valence-electron chi connectivity index (χ4n) is 0.908. The molecule has 0 aromatic heterocycles. The number of thiocarbonyl (C=S) groups is 1. The van der Waals surface area contributed by atoms with Gasteiger partial charge in [-0.3, -0.25) is 0 Å². The predicted molar refractivity (Wildman–Crippen MR) is 64.8 cm³/mol. The highest BCUT2D eigenvalue weighted by Crippen LogP contribution is 1.95. The zero-order valence-corrected chi connectivity index (χ0v) is 10.2. The molecule has 0 aliphatic heterocycles. The van der Waals surface area contributed by atoms with E-state index in [4.69, 9.17) is 22.7 Å². The van der Waals surface area contributed by atoms with Crippen molar-refractivity contribution < 1.29 is 9.53 Å². The minimum Gasteiger partial charge on any atom is -0.449 e. The topological polar surface area (TPSA) is 64.3 Å². The van der Waals surface area contributed by atoms with E-state index in [1.807, 2.05) is 13.8 Å². The molecule has 5 heteroatoms. The summed E-state index contributed by atoms with van der Waals surface area (Å²) >= 11 is 4.73. The lowest BCUT2D eigenvalue weighted by molar-refractivity contribution is 0.133. The lowest BCUT2D eigenvalue weighted by atomic mass is 10.2. The molecule has 0 saturated heterocycles. The third-order valence-corrected chi connectivity index (χ3v) is 1.87. The zero-order chi connectivity index (χ0) is 11.7. The highest BCUT2D eigenvalue weighted by atomic mass is 32.1. The van der Waals surface area contributed by atoms with Crippen LogP contribution in [-0.4, -0.2) is 24.2 Å². The van der Waals surface area contributed by atoms with Crippen LogP contribution in [0.15, 0.2) is 0 Å². The van der Waals surface area contributed by atoms with Crippen molar-refractivity contribution in [2.24, 2.45) is 11.7 Å². The number of alkyl carbamates (subject to hydrolysis) is 1. The van der Waals surface area contributed by atoms with E-state index in [-0.39, 0.29) is 6.09 Å². The summed E-state index contributed by atoms with van der Waals surface area (Å²) in [6.07, 6.45) is 2.16. The summed E-state index contributed by atoms with van der Waals surface area (Å²) in [6, 6.07) is 0. The molecular formula is C10H20N2O2S. The van der Waals surface area contributed by atoms with Crippen LogP contribution in [0.3, 0.4) is 0 Å². The summed E-state index contributed by atoms with van der Waals surface area (Å²) < 4.78 is 4.93. The third-order valence-electron chi connectivity index (χ3n) is 1.67. The molecule has 88 valence electrons. The van der Waals surface area contributed by atoms with Gasteiger partial charge < -0.3 is 15.8 Å². The SMILES string of the molecule is CC(C)COC(=O)NCCCCC(N)=S. The van der Waals surface area contributed by atoms with Gasteiger partial charge in [0.05, 0.1) is 11.6 Å². The van der Waals surface area contributed by atoms with Gasteiger partial charge >= 0.3 is 6.09 Å². The van der Waals surface area contributed by atoms with Gasteiger partial charge in [0, 0.05) is 6.54 Å². The summed E-state index contributed by atoms with van der Waals surface area (Å²) in [6.45, 7) is 5.06. The van der Waals surface area contributed by atoms with Gasteiger partial charge in [0.15, 0.2) is 0 Å². The zero-order valence-electron chi connectivity index (χ0n) is 9.41. The number of nitrogens with one attached hydrogen (secondary N) is 1. The molecule has 0 bridgehead atoms. The van der Waals surface area contributed by atoms with Crippen LogP contribution in [0.25, 0.3) is 0 Å². The normalized spacial score (nSPS) is 10.1. The summed E-state index contributed by atoms with van der Waals surface area (Å²) in [5.74, 6) is 0.366. The molecule has 0 aromatic rings. The minimum atomic E-state index is -0.348. The van der Waals surface area contributed by atoms with Crippen LogP contribution >= 0.6 is 12.2 Å². The molecule has 3 N–H and O–H groups in total. The van der Waals surface area contributed by atoms with E-state index >= 15 is 0 Å². The molecule has 4 nitrogen and oxygen atoms in total. The van der Waals surface area contributed by atoms with Gasteiger partial charge in [0.25, 0.3) is 0 Å². The van der Waals surface area contributed by atoms with E-state index < -0.39 is 0 Å². The quantitative estimate of drug-likeness (QED) is 0.519. The number of ether oxygens (including phenoxy) is 1. The van der Waals surface area contributed by atoms with Crippen molar-refractivity contribution in [3.8, 4) is 0 Å². The summed E-state index contributed by atoms with van der Waals surface area (Å²) in [5.41, 5.74) is 5.33. The molecule has 15 heavy (non-hydrogen) atoms. The molecule has 0 aliphatic carbocycles. The Morgan fingerprint density at radius 1 is 1.47 bits per heavy atom. The van der Waals surface area contributed by atoms with Gasteiger partial charge in [0.2, 0.25) is 0 Å². The summed E-state index contributed by atoms with van der Waals surface area (Å²) in [7, 11) is 0. The van der Waals surface area contributed by atoms with Gasteiger partial charge in [0.1, 0.15) is 0 Å². The van der Waals surface area contributed by atoms with Gasteiger partial charge in [-0.1, -0.05) is 26.1 Å². The van der Waals surface area contributed by atoms with Gasteiger partial charge in [-0.15, -0.1) is 0 Å². The molecule has 0 spiro atoms. The molecule has 0 fully saturated rings. The number of carbonyl (C=O) groups is 1. The molecule has 0 aliphatic rings. The lowest BCUT2D eigenvalue weighted by Gasteiger charge is -2.08. The Bertz CT molecular complexity index is 208. The van der Waals surface area contributed by atoms with Crippen molar-refractivity contribution >= 4 is 23.3 Å². The molecule has 0 unspecified atom stereocenters. The van der Waals surface area contributed by atoms with Crippen LogP contribution in [0.2, 0.25) is 0 Å². The Labute approximate surface area is 96.5 Å². The first-order chi connectivity index (χ1) is 7.02. The minimum absolute atomic E-state index is 0.348. The summed E-state index contributed by atoms with van der Waals surface area (Å²) in [5, 5.41) is 2.67. The number of nitrogens with two attached hydrogens (primary N) is 1. The van der Waals surface area contributed by atoms with Crippen LogP contribution in [0.5, 0.6) is 0 Å². The second kappa shape index (κ2) is 8.47. The first-order valence-corrected chi connectivity index (χ1v) is 5.62. The van der Waals surface area contributed by atoms with Crippen molar-refractivity contribution in [1.29, 1.82) is 0 Å². The number of carbonyl (C=O) groups excluding carboxylic acids is 1. The largest absolute Gasteiger partial charge is 0.449 e. The third kappa shape index (κ3) is 11.1. The van der Waals surface area contributed by atoms with Crippen molar-refractivity contribution in [2.45, 2.75) is 33.1 Å². The molecule has 1 amide bonds. The van der Waals surface area contributed by atoms with Crippen molar-refractivity contribution in [2.75, 3.05) is 13.2 Å². The fourth-order valence-corrected chi connectivity index (χ4v) is 1.05. The Morgan fingerprint density at radius 3 is 2.67 bits per heavy atom. The molecule has 0 atom stereocenters. The molecule has 0 radical (unpaired) electrons. The van der Waals surface area contributed by atoms with Gasteiger partial charge in [-0.25, -0.2) is 4.79 Å². The first kappa shape index (κ1) is 14.2. The van der Waals surface area contributed by atoms with Crippen molar-refractivity contribution in [3.05, 3.63) is 0 Å². The van der Waals surface area contributed by atoms with Crippen molar-refractivity contribution in [1.82, 2.24) is 5.32 Å². The predicted octanol–water partition coefficient (Wildman–Crippen LogP) is 1.82. The molecular weight excluding hydrogens is 212 g/mol. The summed E-state index contributed by atoms with van der Waals surface area (Å²) in [4.78, 5) is 11.6. The van der Waals surface area contributed by atoms with E-state index in [0.29, 0.717) is 24.1 Å². The fraction of sp³-hybridized carbons (Fsp3) is 0.800. The average Bonchev–Trinajstić information content (AvgIpc) is 2.13. The van der Waals surface area contributed by atoms with Crippen LogP contribution in [0.4, 0.5) is 4.79 Å². The monoisotopic (exact) mass is 232 g/mol. The second-order valence-corrected chi connectivity index (χ2v) is 4.37. The standard InChI is InChI=1S/C10H20N2O2S/c1-8(2)7-14-10(13)12-6-4-3-5-9(11)15/h8H,3-7H2,1-2H3,(H2,11,15)(H,12,13).